The smallest absolute Gasteiger partial charge is 0.266 e. The number of halogens is 2. The van der Waals surface area contributed by atoms with E-state index in [4.69, 9.17) is 28.2 Å². The number of anilines is 1. The molecule has 0 saturated carbocycles. The van der Waals surface area contributed by atoms with Crippen LogP contribution in [0.3, 0.4) is 0 Å². The number of carbonyl (C=O) groups is 1. The molecule has 2 heterocycles. The van der Waals surface area contributed by atoms with Crippen LogP contribution in [-0.4, -0.2) is 26.2 Å². The van der Waals surface area contributed by atoms with Gasteiger partial charge in [-0.15, -0.1) is 0 Å². The van der Waals surface area contributed by atoms with Gasteiger partial charge in [-0.1, -0.05) is 59.2 Å². The third-order valence-corrected chi connectivity index (χ3v) is 7.14. The largest absolute Gasteiger partial charge is 0.309 e. The summed E-state index contributed by atoms with van der Waals surface area (Å²) >= 11 is 13.4. The summed E-state index contributed by atoms with van der Waals surface area (Å²) in [6.07, 6.45) is 1.44. The Morgan fingerprint density at radius 1 is 1.06 bits per heavy atom. The maximum Gasteiger partial charge on any atom is 0.266 e. The van der Waals surface area contributed by atoms with Gasteiger partial charge in [-0.3, -0.25) is 14.2 Å². The Kier molecular flexibility index (Phi) is 6.74. The average molecular weight is 499 g/mol. The second kappa shape index (κ2) is 9.55. The van der Waals surface area contributed by atoms with Crippen molar-refractivity contribution < 1.29 is 4.79 Å². The van der Waals surface area contributed by atoms with Crippen LogP contribution in [0.2, 0.25) is 10.0 Å². The van der Waals surface area contributed by atoms with Gasteiger partial charge < -0.3 is 5.32 Å². The molecule has 0 saturated heterocycles. The molecule has 2 aromatic carbocycles. The summed E-state index contributed by atoms with van der Waals surface area (Å²) in [5.41, 5.74) is 3.78. The van der Waals surface area contributed by atoms with E-state index in [1.54, 1.807) is 23.6 Å². The van der Waals surface area contributed by atoms with Gasteiger partial charge in [0.25, 0.3) is 5.56 Å². The monoisotopic (exact) mass is 498 g/mol. The van der Waals surface area contributed by atoms with Crippen molar-refractivity contribution in [3.05, 3.63) is 85.8 Å². The van der Waals surface area contributed by atoms with E-state index in [0.717, 1.165) is 16.8 Å². The molecule has 0 aliphatic rings. The fraction of sp³-hybridized carbons (Fsp3) is 0.167. The van der Waals surface area contributed by atoms with Gasteiger partial charge in [-0.25, -0.2) is 9.97 Å². The van der Waals surface area contributed by atoms with Crippen molar-refractivity contribution in [1.29, 1.82) is 0 Å². The Morgan fingerprint density at radius 3 is 2.61 bits per heavy atom. The van der Waals surface area contributed by atoms with Crippen molar-refractivity contribution in [1.82, 2.24) is 14.5 Å². The van der Waals surface area contributed by atoms with Gasteiger partial charge in [-0.2, -0.15) is 0 Å². The Balaban J connectivity index is 1.70. The molecule has 0 radical (unpaired) electrons. The van der Waals surface area contributed by atoms with E-state index in [1.807, 2.05) is 44.2 Å². The number of hydrogen-bond donors (Lipinski definition) is 1. The number of para-hydroxylation sites is 1. The third-order valence-electron chi connectivity index (χ3n) is 5.35. The zero-order valence-electron chi connectivity index (χ0n) is 18.1. The van der Waals surface area contributed by atoms with Crippen molar-refractivity contribution in [3.63, 3.8) is 0 Å². The Hall–Kier alpha value is -2.87. The summed E-state index contributed by atoms with van der Waals surface area (Å²) in [5, 5.41) is 4.35. The summed E-state index contributed by atoms with van der Waals surface area (Å²) in [4.78, 5) is 34.9. The lowest BCUT2D eigenvalue weighted by molar-refractivity contribution is -0.113. The topological polar surface area (TPSA) is 76.9 Å². The molecule has 0 spiro atoms. The summed E-state index contributed by atoms with van der Waals surface area (Å²) in [6, 6.07) is 12.9. The minimum absolute atomic E-state index is 0.00925. The SMILES string of the molecule is Cc1cccc(-n2c(SCC(=O)Nc3ncc(Cl)c(C)c3Cl)nc3ccccc3c2=O)c1C. The first kappa shape index (κ1) is 23.3. The van der Waals surface area contributed by atoms with Crippen molar-refractivity contribution in [2.45, 2.75) is 25.9 Å². The molecule has 6 nitrogen and oxygen atoms in total. The zero-order valence-corrected chi connectivity index (χ0v) is 20.5. The standard InChI is InChI=1S/C24H20Cl2N4O2S/c1-13-7-6-10-19(14(13)2)30-23(32)16-8-4-5-9-18(16)28-24(30)33-12-20(31)29-22-21(26)15(3)17(25)11-27-22/h4-11H,12H2,1-3H3,(H,27,29,31). The van der Waals surface area contributed by atoms with E-state index in [-0.39, 0.29) is 28.1 Å². The zero-order chi connectivity index (χ0) is 23.7. The normalized spacial score (nSPS) is 11.1. The van der Waals surface area contributed by atoms with E-state index in [2.05, 4.69) is 10.3 Å². The Bertz CT molecular complexity index is 1450. The molecule has 0 atom stereocenters. The maximum absolute atomic E-state index is 13.4. The number of benzene rings is 2. The molecule has 4 rings (SSSR count). The molecule has 33 heavy (non-hydrogen) atoms. The van der Waals surface area contributed by atoms with Gasteiger partial charge in [0, 0.05) is 6.20 Å². The lowest BCUT2D eigenvalue weighted by Crippen LogP contribution is -2.24. The molecule has 0 unspecified atom stereocenters. The third kappa shape index (κ3) is 4.62. The van der Waals surface area contributed by atoms with Crippen LogP contribution in [0.15, 0.2) is 58.6 Å². The lowest BCUT2D eigenvalue weighted by atomic mass is 10.1. The van der Waals surface area contributed by atoms with Gasteiger partial charge in [0.15, 0.2) is 11.0 Å². The molecule has 1 N–H and O–H groups in total. The number of amides is 1. The molecular formula is C24H20Cl2N4O2S. The van der Waals surface area contributed by atoms with Gasteiger partial charge in [0.2, 0.25) is 5.91 Å². The number of nitrogens with zero attached hydrogens (tertiary/aromatic N) is 3. The lowest BCUT2D eigenvalue weighted by Gasteiger charge is -2.16. The number of pyridine rings is 1. The number of nitrogens with one attached hydrogen (secondary N) is 1. The summed E-state index contributed by atoms with van der Waals surface area (Å²) < 4.78 is 1.57. The fourth-order valence-corrected chi connectivity index (χ4v) is 4.54. The predicted octanol–water partition coefficient (Wildman–Crippen LogP) is 5.74. The van der Waals surface area contributed by atoms with E-state index in [1.165, 1.54) is 18.0 Å². The quantitative estimate of drug-likeness (QED) is 0.280. The van der Waals surface area contributed by atoms with Crippen LogP contribution in [0.1, 0.15) is 16.7 Å². The highest BCUT2D eigenvalue weighted by atomic mass is 35.5. The van der Waals surface area contributed by atoms with Crippen LogP contribution in [-0.2, 0) is 4.79 Å². The molecule has 0 bridgehead atoms. The molecule has 0 fully saturated rings. The van der Waals surface area contributed by atoms with Crippen LogP contribution >= 0.6 is 35.0 Å². The highest BCUT2D eigenvalue weighted by molar-refractivity contribution is 7.99. The van der Waals surface area contributed by atoms with Crippen molar-refractivity contribution in [3.8, 4) is 5.69 Å². The number of carbonyl (C=O) groups excluding carboxylic acids is 1. The first-order valence-corrected chi connectivity index (χ1v) is 11.8. The second-order valence-corrected chi connectivity index (χ2v) is 9.23. The van der Waals surface area contributed by atoms with Crippen LogP contribution < -0.4 is 10.9 Å². The van der Waals surface area contributed by atoms with Crippen LogP contribution in [0.4, 0.5) is 5.82 Å². The van der Waals surface area contributed by atoms with Gasteiger partial charge in [-0.05, 0) is 55.7 Å². The molecule has 9 heteroatoms. The average Bonchev–Trinajstić information content (AvgIpc) is 2.80. The maximum atomic E-state index is 13.4. The van der Waals surface area contributed by atoms with Crippen LogP contribution in [0, 0.1) is 20.8 Å². The second-order valence-electron chi connectivity index (χ2n) is 7.50. The van der Waals surface area contributed by atoms with Gasteiger partial charge in [0.05, 0.1) is 32.4 Å². The highest BCUT2D eigenvalue weighted by Crippen LogP contribution is 2.29. The highest BCUT2D eigenvalue weighted by Gasteiger charge is 2.18. The molecule has 1 amide bonds. The van der Waals surface area contributed by atoms with Crippen molar-refractivity contribution >= 4 is 57.6 Å². The number of thioether (sulfide) groups is 1. The van der Waals surface area contributed by atoms with E-state index in [9.17, 15) is 9.59 Å². The molecular weight excluding hydrogens is 479 g/mol. The van der Waals surface area contributed by atoms with Crippen molar-refractivity contribution in [2.75, 3.05) is 11.1 Å². The van der Waals surface area contributed by atoms with Crippen molar-refractivity contribution in [2.24, 2.45) is 0 Å². The molecule has 0 aliphatic carbocycles. The molecule has 4 aromatic rings. The summed E-state index contributed by atoms with van der Waals surface area (Å²) in [7, 11) is 0. The molecule has 168 valence electrons. The summed E-state index contributed by atoms with van der Waals surface area (Å²) in [5.74, 6) is -0.0800. The van der Waals surface area contributed by atoms with Crippen LogP contribution in [0.25, 0.3) is 16.6 Å². The predicted molar refractivity (Wildman–Crippen MR) is 135 cm³/mol. The van der Waals surface area contributed by atoms with Crippen LogP contribution in [0.5, 0.6) is 0 Å². The number of aryl methyl sites for hydroxylation is 1. The molecule has 0 aliphatic heterocycles. The molecule has 2 aromatic heterocycles. The number of rotatable bonds is 5. The minimum atomic E-state index is -0.328. The number of hydrogen-bond acceptors (Lipinski definition) is 5. The van der Waals surface area contributed by atoms with Gasteiger partial charge in [0.1, 0.15) is 0 Å². The van der Waals surface area contributed by atoms with E-state index in [0.29, 0.717) is 26.6 Å². The minimum Gasteiger partial charge on any atom is -0.309 e. The van der Waals surface area contributed by atoms with Gasteiger partial charge >= 0.3 is 0 Å². The number of aromatic nitrogens is 3. The first-order valence-electron chi connectivity index (χ1n) is 10.1. The fourth-order valence-electron chi connectivity index (χ4n) is 3.34. The van der Waals surface area contributed by atoms with E-state index < -0.39 is 0 Å². The van der Waals surface area contributed by atoms with E-state index >= 15 is 0 Å². The summed E-state index contributed by atoms with van der Waals surface area (Å²) in [6.45, 7) is 5.70. The first-order chi connectivity index (χ1) is 15.8. The Labute approximate surface area is 205 Å². The Morgan fingerprint density at radius 2 is 1.82 bits per heavy atom. The number of fused-ring (bicyclic) bond motifs is 1.